The molecule has 3 nitrogen and oxygen atoms in total. The number of anilines is 1. The molecule has 0 aliphatic rings. The van der Waals surface area contributed by atoms with Gasteiger partial charge in [0.2, 0.25) is 0 Å². The molecule has 2 rings (SSSR count). The second kappa shape index (κ2) is 5.40. The smallest absolute Gasteiger partial charge is 0.147 e. The van der Waals surface area contributed by atoms with E-state index in [0.29, 0.717) is 12.2 Å². The Kier molecular flexibility index (Phi) is 4.07. The average Bonchev–Trinajstić information content (AvgIpc) is 2.53. The zero-order valence-corrected chi connectivity index (χ0v) is 13.1. The lowest BCUT2D eigenvalue weighted by atomic mass is 10.3. The van der Waals surface area contributed by atoms with Crippen LogP contribution in [0.1, 0.15) is 11.4 Å². The van der Waals surface area contributed by atoms with Crippen LogP contribution in [0.3, 0.4) is 0 Å². The number of aryl methyl sites for hydroxylation is 2. The van der Waals surface area contributed by atoms with Gasteiger partial charge in [-0.2, -0.15) is 5.10 Å². The molecular formula is C12H12Br2FN3. The molecule has 96 valence electrons. The summed E-state index contributed by atoms with van der Waals surface area (Å²) in [7, 11) is 1.87. The summed E-state index contributed by atoms with van der Waals surface area (Å²) < 4.78 is 17.1. The summed E-state index contributed by atoms with van der Waals surface area (Å²) in [6.07, 6.45) is 0. The van der Waals surface area contributed by atoms with Gasteiger partial charge in [0.15, 0.2) is 0 Å². The summed E-state index contributed by atoms with van der Waals surface area (Å²) in [4.78, 5) is 0. The first-order valence-electron chi connectivity index (χ1n) is 5.36. The van der Waals surface area contributed by atoms with E-state index in [1.807, 2.05) is 14.0 Å². The highest BCUT2D eigenvalue weighted by Gasteiger charge is 2.11. The lowest BCUT2D eigenvalue weighted by molar-refractivity contribution is 0.628. The van der Waals surface area contributed by atoms with Crippen LogP contribution in [0.15, 0.2) is 27.1 Å². The van der Waals surface area contributed by atoms with Gasteiger partial charge >= 0.3 is 0 Å². The number of nitrogens with zero attached hydrogens (tertiary/aromatic N) is 2. The zero-order chi connectivity index (χ0) is 13.3. The fraction of sp³-hybridized carbons (Fsp3) is 0.250. The number of nitrogens with one attached hydrogen (secondary N) is 1. The van der Waals surface area contributed by atoms with Crippen molar-refractivity contribution in [3.8, 4) is 0 Å². The van der Waals surface area contributed by atoms with Crippen LogP contribution in [0, 0.1) is 12.7 Å². The van der Waals surface area contributed by atoms with E-state index in [-0.39, 0.29) is 5.82 Å². The van der Waals surface area contributed by atoms with E-state index in [4.69, 9.17) is 0 Å². The molecule has 0 radical (unpaired) electrons. The van der Waals surface area contributed by atoms with Crippen LogP contribution >= 0.6 is 31.9 Å². The third kappa shape index (κ3) is 2.75. The van der Waals surface area contributed by atoms with Crippen LogP contribution in [0.2, 0.25) is 0 Å². The first-order valence-corrected chi connectivity index (χ1v) is 6.94. The Morgan fingerprint density at radius 3 is 2.67 bits per heavy atom. The predicted octanol–water partition coefficient (Wildman–Crippen LogP) is 4.00. The third-order valence-electron chi connectivity index (χ3n) is 2.64. The molecule has 0 saturated carbocycles. The summed E-state index contributed by atoms with van der Waals surface area (Å²) in [6, 6.07) is 4.94. The molecule has 0 bridgehead atoms. The summed E-state index contributed by atoms with van der Waals surface area (Å²) in [5.41, 5.74) is 2.38. The quantitative estimate of drug-likeness (QED) is 0.877. The number of hydrogen-bond donors (Lipinski definition) is 1. The van der Waals surface area contributed by atoms with E-state index in [1.54, 1.807) is 16.8 Å². The molecule has 0 spiro atoms. The SMILES string of the molecule is Cc1nn(C)c(CNc2ccc(Br)cc2F)c1Br. The maximum absolute atomic E-state index is 13.6. The van der Waals surface area contributed by atoms with E-state index >= 15 is 0 Å². The van der Waals surface area contributed by atoms with Gasteiger partial charge in [-0.15, -0.1) is 0 Å². The minimum absolute atomic E-state index is 0.278. The summed E-state index contributed by atoms with van der Waals surface area (Å²) >= 11 is 6.71. The molecule has 0 saturated heterocycles. The van der Waals surface area contributed by atoms with E-state index in [0.717, 1.165) is 20.3 Å². The van der Waals surface area contributed by atoms with Crippen molar-refractivity contribution >= 4 is 37.5 Å². The van der Waals surface area contributed by atoms with Crippen molar-refractivity contribution < 1.29 is 4.39 Å². The number of hydrogen-bond acceptors (Lipinski definition) is 2. The normalized spacial score (nSPS) is 10.7. The van der Waals surface area contributed by atoms with Crippen LogP contribution in [0.4, 0.5) is 10.1 Å². The standard InChI is InChI=1S/C12H12Br2FN3/c1-7-12(14)11(18(2)17-7)6-16-10-4-3-8(13)5-9(10)15/h3-5,16H,6H2,1-2H3. The van der Waals surface area contributed by atoms with Gasteiger partial charge in [0, 0.05) is 11.5 Å². The molecular weight excluding hydrogens is 365 g/mol. The maximum atomic E-state index is 13.6. The van der Waals surface area contributed by atoms with Crippen molar-refractivity contribution in [2.24, 2.45) is 7.05 Å². The van der Waals surface area contributed by atoms with Gasteiger partial charge in [0.05, 0.1) is 28.1 Å². The Labute approximate surface area is 122 Å². The highest BCUT2D eigenvalue weighted by atomic mass is 79.9. The van der Waals surface area contributed by atoms with Crippen LogP contribution in [0.25, 0.3) is 0 Å². The Morgan fingerprint density at radius 1 is 1.39 bits per heavy atom. The second-order valence-corrected chi connectivity index (χ2v) is 5.66. The monoisotopic (exact) mass is 375 g/mol. The number of halogens is 3. The molecule has 0 amide bonds. The Balaban J connectivity index is 2.16. The van der Waals surface area contributed by atoms with Gasteiger partial charge in [0.25, 0.3) is 0 Å². The van der Waals surface area contributed by atoms with E-state index in [1.165, 1.54) is 6.07 Å². The van der Waals surface area contributed by atoms with Gasteiger partial charge in [0.1, 0.15) is 5.82 Å². The summed E-state index contributed by atoms with van der Waals surface area (Å²) in [5.74, 6) is -0.278. The van der Waals surface area contributed by atoms with Gasteiger partial charge in [-0.1, -0.05) is 15.9 Å². The largest absolute Gasteiger partial charge is 0.377 e. The molecule has 18 heavy (non-hydrogen) atoms. The molecule has 1 N–H and O–H groups in total. The van der Waals surface area contributed by atoms with Crippen molar-refractivity contribution in [1.29, 1.82) is 0 Å². The molecule has 0 aliphatic heterocycles. The molecule has 0 aliphatic carbocycles. The fourth-order valence-electron chi connectivity index (χ4n) is 1.68. The van der Waals surface area contributed by atoms with Crippen LogP contribution in [-0.2, 0) is 13.6 Å². The second-order valence-electron chi connectivity index (χ2n) is 3.95. The van der Waals surface area contributed by atoms with Crippen molar-refractivity contribution in [3.05, 3.63) is 44.3 Å². The molecule has 0 unspecified atom stereocenters. The number of benzene rings is 1. The topological polar surface area (TPSA) is 29.9 Å². The maximum Gasteiger partial charge on any atom is 0.147 e. The van der Waals surface area contributed by atoms with Crippen molar-refractivity contribution in [2.45, 2.75) is 13.5 Å². The average molecular weight is 377 g/mol. The summed E-state index contributed by atoms with van der Waals surface area (Å²) in [6.45, 7) is 2.43. The minimum atomic E-state index is -0.278. The predicted molar refractivity (Wildman–Crippen MR) is 77.1 cm³/mol. The number of aromatic nitrogens is 2. The Hall–Kier alpha value is -0.880. The summed E-state index contributed by atoms with van der Waals surface area (Å²) in [5, 5.41) is 7.35. The van der Waals surface area contributed by atoms with E-state index in [2.05, 4.69) is 42.3 Å². The van der Waals surface area contributed by atoms with Crippen molar-refractivity contribution in [1.82, 2.24) is 9.78 Å². The number of rotatable bonds is 3. The van der Waals surface area contributed by atoms with E-state index < -0.39 is 0 Å². The van der Waals surface area contributed by atoms with Crippen molar-refractivity contribution in [3.63, 3.8) is 0 Å². The van der Waals surface area contributed by atoms with E-state index in [9.17, 15) is 4.39 Å². The lowest BCUT2D eigenvalue weighted by Gasteiger charge is -2.08. The molecule has 6 heteroatoms. The van der Waals surface area contributed by atoms with Crippen LogP contribution in [-0.4, -0.2) is 9.78 Å². The molecule has 2 aromatic rings. The fourth-order valence-corrected chi connectivity index (χ4v) is 2.49. The third-order valence-corrected chi connectivity index (χ3v) is 4.16. The first kappa shape index (κ1) is 13.5. The van der Waals surface area contributed by atoms with Gasteiger partial charge < -0.3 is 5.32 Å². The van der Waals surface area contributed by atoms with Gasteiger partial charge in [-0.3, -0.25) is 4.68 Å². The molecule has 0 atom stereocenters. The molecule has 1 aromatic heterocycles. The lowest BCUT2D eigenvalue weighted by Crippen LogP contribution is -2.07. The van der Waals surface area contributed by atoms with Crippen LogP contribution in [0.5, 0.6) is 0 Å². The molecule has 1 heterocycles. The minimum Gasteiger partial charge on any atom is -0.377 e. The van der Waals surface area contributed by atoms with Gasteiger partial charge in [-0.25, -0.2) is 4.39 Å². The first-order chi connectivity index (χ1) is 8.49. The van der Waals surface area contributed by atoms with Gasteiger partial charge in [-0.05, 0) is 41.1 Å². The zero-order valence-electron chi connectivity index (χ0n) is 9.97. The van der Waals surface area contributed by atoms with Crippen LogP contribution < -0.4 is 5.32 Å². The Bertz CT molecular complexity index is 581. The molecule has 1 aromatic carbocycles. The highest BCUT2D eigenvalue weighted by molar-refractivity contribution is 9.10. The Morgan fingerprint density at radius 2 is 2.11 bits per heavy atom. The highest BCUT2D eigenvalue weighted by Crippen LogP contribution is 2.23. The molecule has 0 fully saturated rings. The van der Waals surface area contributed by atoms with Crippen molar-refractivity contribution in [2.75, 3.05) is 5.32 Å².